The fourth-order valence-electron chi connectivity index (χ4n) is 9.02. The Morgan fingerprint density at radius 3 is 1.40 bits per heavy atom. The van der Waals surface area contributed by atoms with Crippen LogP contribution < -0.4 is 14.2 Å². The number of terminal acetylenes is 1. The third-order valence-electron chi connectivity index (χ3n) is 10.2. The van der Waals surface area contributed by atoms with E-state index in [2.05, 4.69) is 132 Å². The third-order valence-corrected chi connectivity index (χ3v) is 19.1. The van der Waals surface area contributed by atoms with Crippen LogP contribution in [-0.2, 0) is 17.1 Å². The largest absolute Gasteiger partial charge is 2.00 e. The molecule has 0 aliphatic heterocycles. The van der Waals surface area contributed by atoms with Gasteiger partial charge in [0.1, 0.15) is 28.2 Å². The van der Waals surface area contributed by atoms with Crippen LogP contribution in [0.3, 0.4) is 0 Å². The van der Waals surface area contributed by atoms with Crippen LogP contribution in [-0.4, -0.2) is 70.2 Å². The smallest absolute Gasteiger partial charge is 0.506 e. The van der Waals surface area contributed by atoms with Crippen molar-refractivity contribution in [3.05, 3.63) is 104 Å². The molecule has 14 heteroatoms. The molecule has 2 saturated carbocycles. The van der Waals surface area contributed by atoms with Gasteiger partial charge in [-0.1, -0.05) is 125 Å². The van der Waals surface area contributed by atoms with Crippen molar-refractivity contribution in [1.82, 2.24) is 19.9 Å². The summed E-state index contributed by atoms with van der Waals surface area (Å²) in [4.78, 5) is 15.6. The number of rotatable bonds is 8. The van der Waals surface area contributed by atoms with Crippen LogP contribution in [0.1, 0.15) is 159 Å². The van der Waals surface area contributed by atoms with E-state index in [9.17, 15) is 0 Å². The summed E-state index contributed by atoms with van der Waals surface area (Å²) in [5.41, 5.74) is 2.89. The molecule has 0 radical (unpaired) electrons. The van der Waals surface area contributed by atoms with E-state index in [1.807, 2.05) is 38.1 Å². The monoisotopic (exact) mass is 1100 g/mol. The summed E-state index contributed by atoms with van der Waals surface area (Å²) in [6, 6.07) is 14.0. The Balaban J connectivity index is -0.000000800. The number of aromatic nitrogens is 4. The van der Waals surface area contributed by atoms with Crippen molar-refractivity contribution < 1.29 is 36.4 Å². The maximum absolute atomic E-state index is 8.78. The summed E-state index contributed by atoms with van der Waals surface area (Å²) in [6.07, 6.45) is 28.9. The third kappa shape index (κ3) is 26.6. The second kappa shape index (κ2) is 35.3. The van der Waals surface area contributed by atoms with Crippen molar-refractivity contribution in [2.45, 2.75) is 180 Å². The zero-order valence-electron chi connectivity index (χ0n) is 45.3. The van der Waals surface area contributed by atoms with E-state index in [1.54, 1.807) is 30.6 Å². The molecule has 10 nitrogen and oxygen atoms in total. The van der Waals surface area contributed by atoms with Crippen LogP contribution >= 0.6 is 31.8 Å². The molecule has 4 aromatic rings. The van der Waals surface area contributed by atoms with Gasteiger partial charge in [0.2, 0.25) is 0 Å². The Hall–Kier alpha value is -3.80. The van der Waals surface area contributed by atoms with Gasteiger partial charge in [0.05, 0.1) is 36.7 Å². The predicted octanol–water partition coefficient (Wildman–Crippen LogP) is 16.6. The van der Waals surface area contributed by atoms with Gasteiger partial charge >= 0.3 is 17.1 Å². The Labute approximate surface area is 447 Å². The van der Waals surface area contributed by atoms with Gasteiger partial charge in [0.15, 0.2) is 11.5 Å². The maximum atomic E-state index is 8.78. The molecule has 1 N–H and O–H groups in total. The van der Waals surface area contributed by atoms with E-state index in [-0.39, 0.29) is 53.5 Å². The minimum Gasteiger partial charge on any atom is -0.506 e. The number of halogens is 1. The number of aromatic hydroxyl groups is 1. The second-order valence-corrected chi connectivity index (χ2v) is 29.0. The van der Waals surface area contributed by atoms with Crippen molar-refractivity contribution in [2.24, 2.45) is 0 Å². The van der Waals surface area contributed by atoms with Crippen LogP contribution in [0.5, 0.6) is 28.9 Å². The molecule has 2 aliphatic rings. The normalized spacial score (nSPS) is 13.2. The van der Waals surface area contributed by atoms with Crippen molar-refractivity contribution >= 4 is 31.8 Å². The first-order valence-electron chi connectivity index (χ1n) is 23.3. The molecule has 0 unspecified atom stereocenters. The van der Waals surface area contributed by atoms with E-state index in [0.717, 1.165) is 21.7 Å². The van der Waals surface area contributed by atoms with Crippen LogP contribution in [0.15, 0.2) is 78.2 Å². The minimum atomic E-state index is 0. The summed E-state index contributed by atoms with van der Waals surface area (Å²) >= 11 is 3.26. The molecule has 4 aromatic heterocycles. The first-order valence-corrected chi connectivity index (χ1v) is 26.9. The summed E-state index contributed by atoms with van der Waals surface area (Å²) in [7, 11) is 0.312. The Bertz CT molecular complexity index is 2050. The molecule has 0 spiro atoms. The molecule has 0 aromatic carbocycles. The van der Waals surface area contributed by atoms with Gasteiger partial charge in [-0.25, -0.2) is 9.97 Å². The number of nitriles is 2. The summed E-state index contributed by atoms with van der Waals surface area (Å²) in [5, 5.41) is 27.9. The molecule has 6 rings (SSSR count). The van der Waals surface area contributed by atoms with Crippen LogP contribution in [0.25, 0.3) is 0 Å². The summed E-state index contributed by atoms with van der Waals surface area (Å²) in [6.45, 7) is 34.4. The molecular weight excluding hydrogens is 1020 g/mol. The van der Waals surface area contributed by atoms with E-state index in [4.69, 9.17) is 29.8 Å². The summed E-state index contributed by atoms with van der Waals surface area (Å²) in [5.74, 6) is 2.19. The number of ether oxygens (including phenoxy) is 3. The molecule has 4 heterocycles. The van der Waals surface area contributed by atoms with Gasteiger partial charge in [-0.3, -0.25) is 9.97 Å². The van der Waals surface area contributed by atoms with E-state index in [1.165, 1.54) is 82.2 Å². The van der Waals surface area contributed by atoms with Crippen molar-refractivity contribution in [1.29, 1.82) is 10.5 Å². The van der Waals surface area contributed by atoms with Gasteiger partial charge in [-0.2, -0.15) is 10.5 Å². The fraction of sp³-hybridized carbons (Fsp3) is 0.536. The maximum Gasteiger partial charge on any atom is 2.00 e. The van der Waals surface area contributed by atoms with Gasteiger partial charge < -0.3 is 34.2 Å². The average Bonchev–Trinajstić information content (AvgIpc) is 3.98. The summed E-state index contributed by atoms with van der Waals surface area (Å²) < 4.78 is 16.9. The second-order valence-electron chi connectivity index (χ2n) is 19.9. The zero-order valence-corrected chi connectivity index (χ0v) is 49.8. The first kappa shape index (κ1) is 70.5. The number of hydrogen-bond donors (Lipinski definition) is 1. The molecule has 0 atom stereocenters. The average molecular weight is 1100 g/mol. The fourth-order valence-corrected chi connectivity index (χ4v) is 19.6. The molecule has 0 amide bonds. The molecule has 2 aliphatic carbocycles. The van der Waals surface area contributed by atoms with Crippen molar-refractivity contribution in [2.75, 3.05) is 13.2 Å². The molecule has 0 bridgehead atoms. The van der Waals surface area contributed by atoms with Crippen molar-refractivity contribution in [3.8, 4) is 53.9 Å². The van der Waals surface area contributed by atoms with Crippen LogP contribution in [0, 0.1) is 50.4 Å². The van der Waals surface area contributed by atoms with Crippen molar-refractivity contribution in [3.63, 3.8) is 0 Å². The molecule has 388 valence electrons. The van der Waals surface area contributed by atoms with E-state index in [0.29, 0.717) is 62.3 Å². The quantitative estimate of drug-likeness (QED) is 0.0594. The Kier molecular flexibility index (Phi) is 35.6. The van der Waals surface area contributed by atoms with Gasteiger partial charge in [-0.15, -0.1) is 12.8 Å². The molecule has 2 fully saturated rings. The zero-order chi connectivity index (χ0) is 50.8. The van der Waals surface area contributed by atoms with Gasteiger partial charge in [0, 0.05) is 36.9 Å². The van der Waals surface area contributed by atoms with E-state index >= 15 is 0 Å². The van der Waals surface area contributed by atoms with Crippen LogP contribution in [0.4, 0.5) is 0 Å². The molecule has 70 heavy (non-hydrogen) atoms. The number of pyridine rings is 4. The molecular formula is C56H85BrFeN6O4P2. The Morgan fingerprint density at radius 1 is 0.643 bits per heavy atom. The predicted molar refractivity (Wildman–Crippen MR) is 298 cm³/mol. The Morgan fingerprint density at radius 2 is 1.03 bits per heavy atom. The van der Waals surface area contributed by atoms with Gasteiger partial charge in [-0.05, 0) is 112 Å². The first-order chi connectivity index (χ1) is 31.5. The van der Waals surface area contributed by atoms with Gasteiger partial charge in [0.25, 0.3) is 5.88 Å². The number of nitrogens with zero attached hydrogens (tertiary/aromatic N) is 6. The number of hydrogen-bond acceptors (Lipinski definition) is 10. The standard InChI is InChI=1S/C13H11N3O2.2C13H27P.C7H8BrNO.C6H4N2O.C2H2.2CH3.Fe/c1-2-17-12-4-3-5-16-13(12)18-11-6-10(7-14)8-15-9-11;2*1-12(2,3)14(13(4,5)6)11-9-7-8-10-11;1-2-10-6-4-3-5-9-7(6)8;7-2-5-1-6(9)4-8-3-5;1-2;;;/h3-6,8-9H,2H2,1H3;2*11H,7-10H2,1-6H3;3-5H,2H2,1H3;1,3-4,9H;1-2H;2*1H3;/q;;;;;;2*-1;+2. The minimum absolute atomic E-state index is 0. The van der Waals surface area contributed by atoms with Crippen LogP contribution in [0.2, 0.25) is 0 Å². The van der Waals surface area contributed by atoms with E-state index < -0.39 is 0 Å². The topological polar surface area (TPSA) is 147 Å². The molecule has 0 saturated heterocycles. The SMILES string of the molecule is C#C.CC(C)(C)P(C1CCCC1)C(C)(C)C.CC(C)(C)P(C1CCCC1)C(C)(C)C.CCOc1cccnc1Br.CCOc1cccnc1Oc1cncc(C#N)c1.N#Cc1cncc(O)c1.[CH3-].[CH3-].[Fe+2].